The summed E-state index contributed by atoms with van der Waals surface area (Å²) < 4.78 is 0.961. The van der Waals surface area contributed by atoms with Crippen molar-refractivity contribution in [1.82, 2.24) is 15.0 Å². The van der Waals surface area contributed by atoms with Gasteiger partial charge in [0.2, 0.25) is 11.9 Å². The van der Waals surface area contributed by atoms with Gasteiger partial charge >= 0.3 is 0 Å². The number of aromatic nitrogens is 3. The number of hydrogen-bond donors (Lipinski definition) is 2. The summed E-state index contributed by atoms with van der Waals surface area (Å²) in [4.78, 5) is 24.0. The maximum atomic E-state index is 12.3. The second kappa shape index (κ2) is 7.37. The molecule has 0 saturated carbocycles. The minimum atomic E-state index is -0.296. The molecular formula is C13H14BrN5OS. The molecule has 0 aliphatic rings. The van der Waals surface area contributed by atoms with Crippen LogP contribution in [0.4, 0.5) is 11.6 Å². The molecule has 1 aromatic carbocycles. The lowest BCUT2D eigenvalue weighted by Crippen LogP contribution is -2.24. The van der Waals surface area contributed by atoms with Crippen molar-refractivity contribution in [3.8, 4) is 0 Å². The van der Waals surface area contributed by atoms with E-state index in [1.165, 1.54) is 18.1 Å². The molecule has 8 heteroatoms. The molecule has 1 atom stereocenters. The SMILES string of the molecule is CCC(Sc1ncnc(N)n1)C(=O)Nc1ccc(Br)cc1. The molecule has 0 bridgehead atoms. The fourth-order valence-corrected chi connectivity index (χ4v) is 2.66. The number of anilines is 2. The lowest BCUT2D eigenvalue weighted by Gasteiger charge is -2.13. The van der Waals surface area contributed by atoms with Crippen LogP contribution < -0.4 is 11.1 Å². The van der Waals surface area contributed by atoms with Gasteiger partial charge in [0.25, 0.3) is 0 Å². The van der Waals surface area contributed by atoms with Crippen molar-refractivity contribution >= 4 is 45.2 Å². The van der Waals surface area contributed by atoms with Crippen molar-refractivity contribution in [2.24, 2.45) is 0 Å². The zero-order valence-corrected chi connectivity index (χ0v) is 13.7. The number of halogens is 1. The van der Waals surface area contributed by atoms with Crippen LogP contribution in [0, 0.1) is 0 Å². The molecule has 110 valence electrons. The standard InChI is InChI=1S/C13H14BrN5OS/c1-2-10(21-13-17-7-16-12(15)19-13)11(20)18-9-5-3-8(14)4-6-9/h3-7,10H,2H2,1H3,(H,18,20)(H2,15,16,17,19). The van der Waals surface area contributed by atoms with E-state index in [4.69, 9.17) is 5.73 Å². The minimum Gasteiger partial charge on any atom is -0.368 e. The third-order valence-corrected chi connectivity index (χ3v) is 4.36. The number of thioether (sulfide) groups is 1. The van der Waals surface area contributed by atoms with Crippen LogP contribution in [0.1, 0.15) is 13.3 Å². The van der Waals surface area contributed by atoms with Gasteiger partial charge in [0, 0.05) is 10.2 Å². The van der Waals surface area contributed by atoms with Gasteiger partial charge in [0.15, 0.2) is 5.16 Å². The van der Waals surface area contributed by atoms with Gasteiger partial charge in [-0.2, -0.15) is 4.98 Å². The number of rotatable bonds is 5. The Labute approximate surface area is 135 Å². The predicted molar refractivity (Wildman–Crippen MR) is 86.9 cm³/mol. The number of carbonyl (C=O) groups excluding carboxylic acids is 1. The predicted octanol–water partition coefficient (Wildman–Crippen LogP) is 2.73. The van der Waals surface area contributed by atoms with E-state index in [1.807, 2.05) is 31.2 Å². The summed E-state index contributed by atoms with van der Waals surface area (Å²) in [5.74, 6) is 0.0551. The molecule has 2 aromatic rings. The maximum absolute atomic E-state index is 12.3. The number of amides is 1. The van der Waals surface area contributed by atoms with E-state index in [0.29, 0.717) is 11.6 Å². The Hall–Kier alpha value is -1.67. The summed E-state index contributed by atoms with van der Waals surface area (Å²) in [5, 5.41) is 3.02. The smallest absolute Gasteiger partial charge is 0.237 e. The maximum Gasteiger partial charge on any atom is 0.237 e. The topological polar surface area (TPSA) is 93.8 Å². The molecule has 3 N–H and O–H groups in total. The number of carbonyl (C=O) groups is 1. The number of nitrogens with one attached hydrogen (secondary N) is 1. The Morgan fingerprint density at radius 3 is 2.71 bits per heavy atom. The first kappa shape index (κ1) is 15.7. The fourth-order valence-electron chi connectivity index (χ4n) is 1.56. The number of hydrogen-bond acceptors (Lipinski definition) is 6. The molecule has 0 aliphatic heterocycles. The largest absolute Gasteiger partial charge is 0.368 e. The Morgan fingerprint density at radius 1 is 1.38 bits per heavy atom. The highest BCUT2D eigenvalue weighted by Crippen LogP contribution is 2.23. The first-order chi connectivity index (χ1) is 10.1. The van der Waals surface area contributed by atoms with E-state index in [-0.39, 0.29) is 17.1 Å². The molecule has 1 aromatic heterocycles. The van der Waals surface area contributed by atoms with Crippen LogP contribution in [0.15, 0.2) is 40.2 Å². The average molecular weight is 368 g/mol. The molecular weight excluding hydrogens is 354 g/mol. The Bertz CT molecular complexity index is 622. The first-order valence-electron chi connectivity index (χ1n) is 6.26. The van der Waals surface area contributed by atoms with Crippen LogP contribution >= 0.6 is 27.7 Å². The van der Waals surface area contributed by atoms with Crippen molar-refractivity contribution in [1.29, 1.82) is 0 Å². The summed E-state index contributed by atoms with van der Waals surface area (Å²) in [6.45, 7) is 1.93. The van der Waals surface area contributed by atoms with Crippen LogP contribution in [0.2, 0.25) is 0 Å². The summed E-state index contributed by atoms with van der Waals surface area (Å²) in [5.41, 5.74) is 6.26. The van der Waals surface area contributed by atoms with Gasteiger partial charge in [-0.15, -0.1) is 0 Å². The highest BCUT2D eigenvalue weighted by Gasteiger charge is 2.19. The van der Waals surface area contributed by atoms with E-state index in [0.717, 1.165) is 10.2 Å². The lowest BCUT2D eigenvalue weighted by molar-refractivity contribution is -0.115. The van der Waals surface area contributed by atoms with Gasteiger partial charge in [-0.3, -0.25) is 4.79 Å². The summed E-state index contributed by atoms with van der Waals surface area (Å²) in [6, 6.07) is 7.41. The zero-order chi connectivity index (χ0) is 15.2. The monoisotopic (exact) mass is 367 g/mol. The highest BCUT2D eigenvalue weighted by molar-refractivity contribution is 9.10. The van der Waals surface area contributed by atoms with Crippen molar-refractivity contribution in [3.63, 3.8) is 0 Å². The molecule has 1 heterocycles. The highest BCUT2D eigenvalue weighted by atomic mass is 79.9. The molecule has 1 amide bonds. The van der Waals surface area contributed by atoms with E-state index in [9.17, 15) is 4.79 Å². The van der Waals surface area contributed by atoms with Crippen LogP contribution in [-0.2, 0) is 4.79 Å². The first-order valence-corrected chi connectivity index (χ1v) is 7.93. The van der Waals surface area contributed by atoms with Gasteiger partial charge in [-0.05, 0) is 30.7 Å². The van der Waals surface area contributed by atoms with E-state index in [1.54, 1.807) is 0 Å². The summed E-state index contributed by atoms with van der Waals surface area (Å²) in [6.07, 6.45) is 1.99. The zero-order valence-electron chi connectivity index (χ0n) is 11.3. The quantitative estimate of drug-likeness (QED) is 0.789. The molecule has 21 heavy (non-hydrogen) atoms. The summed E-state index contributed by atoms with van der Waals surface area (Å²) in [7, 11) is 0. The van der Waals surface area contributed by atoms with Gasteiger partial charge < -0.3 is 11.1 Å². The van der Waals surface area contributed by atoms with Crippen molar-refractivity contribution in [3.05, 3.63) is 35.1 Å². The lowest BCUT2D eigenvalue weighted by atomic mass is 10.3. The molecule has 0 radical (unpaired) electrons. The molecule has 0 saturated heterocycles. The molecule has 1 unspecified atom stereocenters. The molecule has 0 fully saturated rings. The Kier molecular flexibility index (Phi) is 5.51. The average Bonchev–Trinajstić information content (AvgIpc) is 2.47. The third-order valence-electron chi connectivity index (χ3n) is 2.59. The second-order valence-corrected chi connectivity index (χ2v) is 6.22. The van der Waals surface area contributed by atoms with Gasteiger partial charge in [-0.1, -0.05) is 34.6 Å². The molecule has 0 spiro atoms. The van der Waals surface area contributed by atoms with Crippen LogP contribution in [0.5, 0.6) is 0 Å². The second-order valence-electron chi connectivity index (χ2n) is 4.14. The van der Waals surface area contributed by atoms with Crippen LogP contribution in [0.25, 0.3) is 0 Å². The van der Waals surface area contributed by atoms with Gasteiger partial charge in [0.05, 0.1) is 5.25 Å². The van der Waals surface area contributed by atoms with Crippen molar-refractivity contribution in [2.45, 2.75) is 23.8 Å². The third kappa shape index (κ3) is 4.68. The minimum absolute atomic E-state index is 0.0937. The Morgan fingerprint density at radius 2 is 2.10 bits per heavy atom. The molecule has 0 aliphatic carbocycles. The summed E-state index contributed by atoms with van der Waals surface area (Å²) >= 11 is 4.62. The van der Waals surface area contributed by atoms with Crippen molar-refractivity contribution in [2.75, 3.05) is 11.1 Å². The number of nitrogens with two attached hydrogens (primary N) is 1. The normalized spacial score (nSPS) is 11.9. The van der Waals surface area contributed by atoms with E-state index >= 15 is 0 Å². The number of benzene rings is 1. The van der Waals surface area contributed by atoms with Gasteiger partial charge in [0.1, 0.15) is 6.33 Å². The van der Waals surface area contributed by atoms with Gasteiger partial charge in [-0.25, -0.2) is 9.97 Å². The molecule has 6 nitrogen and oxygen atoms in total. The number of nitrogens with zero attached hydrogens (tertiary/aromatic N) is 3. The van der Waals surface area contributed by atoms with E-state index in [2.05, 4.69) is 36.2 Å². The van der Waals surface area contributed by atoms with Crippen LogP contribution in [0.3, 0.4) is 0 Å². The Balaban J connectivity index is 2.03. The van der Waals surface area contributed by atoms with Crippen LogP contribution in [-0.4, -0.2) is 26.1 Å². The number of nitrogen functional groups attached to an aromatic ring is 1. The fraction of sp³-hybridized carbons (Fsp3) is 0.231. The van der Waals surface area contributed by atoms with E-state index < -0.39 is 0 Å². The van der Waals surface area contributed by atoms with Crippen molar-refractivity contribution < 1.29 is 4.79 Å². The molecule has 2 rings (SSSR count).